The van der Waals surface area contributed by atoms with Crippen LogP contribution in [0.4, 0.5) is 18.9 Å². The standard InChI is InChI=1S/C23H24ClF3N4O2/c1-14(2)22(33)30(3)19-12-31(29-21(19)15-4-8-17(24)9-5-15)13-20(32)28-18-10-6-16(7-11-18)23(25,26)27/h4-11,14,19H,12-13H2,1-3H3,(H,28,32). The average molecular weight is 481 g/mol. The molecule has 1 atom stereocenters. The summed E-state index contributed by atoms with van der Waals surface area (Å²) in [5.41, 5.74) is 0.861. The van der Waals surface area contributed by atoms with Crippen LogP contribution in [-0.2, 0) is 15.8 Å². The topological polar surface area (TPSA) is 65.0 Å². The molecule has 0 spiro atoms. The first-order valence-corrected chi connectivity index (χ1v) is 10.7. The van der Waals surface area contributed by atoms with Crippen molar-refractivity contribution >= 4 is 34.8 Å². The van der Waals surface area contributed by atoms with Crippen LogP contribution in [0.3, 0.4) is 0 Å². The number of hydrazone groups is 1. The number of anilines is 1. The molecule has 2 aromatic rings. The lowest BCUT2D eigenvalue weighted by molar-refractivity contribution is -0.137. The number of likely N-dealkylation sites (N-methyl/N-ethyl adjacent to an activating group) is 1. The Morgan fingerprint density at radius 1 is 1.15 bits per heavy atom. The van der Waals surface area contributed by atoms with Gasteiger partial charge in [0.2, 0.25) is 11.8 Å². The van der Waals surface area contributed by atoms with Crippen LogP contribution in [0.5, 0.6) is 0 Å². The second-order valence-corrected chi connectivity index (χ2v) is 8.52. The van der Waals surface area contributed by atoms with Crippen molar-refractivity contribution in [1.29, 1.82) is 0 Å². The zero-order valence-electron chi connectivity index (χ0n) is 18.4. The van der Waals surface area contributed by atoms with Crippen molar-refractivity contribution in [2.45, 2.75) is 26.1 Å². The van der Waals surface area contributed by atoms with E-state index in [-0.39, 0.29) is 30.1 Å². The van der Waals surface area contributed by atoms with Gasteiger partial charge in [-0.1, -0.05) is 37.6 Å². The Morgan fingerprint density at radius 3 is 2.30 bits per heavy atom. The fraction of sp³-hybridized carbons (Fsp3) is 0.348. The van der Waals surface area contributed by atoms with Crippen LogP contribution in [-0.4, -0.2) is 53.6 Å². The van der Waals surface area contributed by atoms with Gasteiger partial charge in [-0.3, -0.25) is 14.6 Å². The van der Waals surface area contributed by atoms with Gasteiger partial charge in [-0.25, -0.2) is 0 Å². The fourth-order valence-corrected chi connectivity index (χ4v) is 3.62. The monoisotopic (exact) mass is 480 g/mol. The molecule has 2 aromatic carbocycles. The second-order valence-electron chi connectivity index (χ2n) is 8.08. The molecule has 10 heteroatoms. The van der Waals surface area contributed by atoms with Crippen LogP contribution < -0.4 is 5.32 Å². The van der Waals surface area contributed by atoms with Gasteiger partial charge < -0.3 is 10.2 Å². The highest BCUT2D eigenvalue weighted by Gasteiger charge is 2.34. The highest BCUT2D eigenvalue weighted by Crippen LogP contribution is 2.30. The van der Waals surface area contributed by atoms with E-state index in [2.05, 4.69) is 10.4 Å². The quantitative estimate of drug-likeness (QED) is 0.662. The Balaban J connectivity index is 1.75. The van der Waals surface area contributed by atoms with E-state index < -0.39 is 17.6 Å². The van der Waals surface area contributed by atoms with E-state index in [4.69, 9.17) is 11.6 Å². The molecule has 0 radical (unpaired) electrons. The van der Waals surface area contributed by atoms with Crippen LogP contribution >= 0.6 is 11.6 Å². The van der Waals surface area contributed by atoms with E-state index in [1.54, 1.807) is 36.2 Å². The lowest BCUT2D eigenvalue weighted by Crippen LogP contribution is -2.46. The number of nitrogens with zero attached hydrogens (tertiary/aromatic N) is 3. The second kappa shape index (κ2) is 9.82. The number of carbonyl (C=O) groups is 2. The first-order valence-electron chi connectivity index (χ1n) is 10.3. The summed E-state index contributed by atoms with van der Waals surface area (Å²) >= 11 is 5.99. The maximum Gasteiger partial charge on any atom is 0.416 e. The lowest BCUT2D eigenvalue weighted by Gasteiger charge is -2.27. The molecule has 0 fully saturated rings. The minimum absolute atomic E-state index is 0.0577. The smallest absolute Gasteiger partial charge is 0.335 e. The van der Waals surface area contributed by atoms with Crippen molar-refractivity contribution in [1.82, 2.24) is 9.91 Å². The number of amides is 2. The predicted molar refractivity (Wildman–Crippen MR) is 121 cm³/mol. The van der Waals surface area contributed by atoms with E-state index in [1.165, 1.54) is 17.1 Å². The summed E-state index contributed by atoms with van der Waals surface area (Å²) < 4.78 is 38.1. The maximum absolute atomic E-state index is 12.7. The van der Waals surface area contributed by atoms with Crippen LogP contribution in [0.1, 0.15) is 25.0 Å². The summed E-state index contributed by atoms with van der Waals surface area (Å²) in [7, 11) is 1.70. The first kappa shape index (κ1) is 24.6. The molecule has 1 aliphatic rings. The van der Waals surface area contributed by atoms with Crippen molar-refractivity contribution in [2.24, 2.45) is 11.0 Å². The molecule has 0 aromatic heterocycles. The van der Waals surface area contributed by atoms with Gasteiger partial charge in [-0.05, 0) is 36.4 Å². The normalized spacial score (nSPS) is 16.1. The van der Waals surface area contributed by atoms with Gasteiger partial charge in [0.05, 0.1) is 23.9 Å². The maximum atomic E-state index is 12.7. The molecule has 1 unspecified atom stereocenters. The molecular formula is C23H24ClF3N4O2. The van der Waals surface area contributed by atoms with Crippen molar-refractivity contribution in [3.8, 4) is 0 Å². The van der Waals surface area contributed by atoms with Crippen LogP contribution in [0.15, 0.2) is 53.6 Å². The van der Waals surface area contributed by atoms with Crippen molar-refractivity contribution < 1.29 is 22.8 Å². The Kier molecular flexibility index (Phi) is 7.31. The van der Waals surface area contributed by atoms with Crippen molar-refractivity contribution in [3.63, 3.8) is 0 Å². The molecule has 0 bridgehead atoms. The number of halogens is 4. The third-order valence-corrected chi connectivity index (χ3v) is 5.47. The summed E-state index contributed by atoms with van der Waals surface area (Å²) in [5.74, 6) is -0.705. The molecule has 1 heterocycles. The van der Waals surface area contributed by atoms with Crippen molar-refractivity contribution in [2.75, 3.05) is 25.5 Å². The zero-order valence-corrected chi connectivity index (χ0v) is 19.1. The van der Waals surface area contributed by atoms with E-state index >= 15 is 0 Å². The molecule has 0 saturated heterocycles. The van der Waals surface area contributed by atoms with Gasteiger partial charge in [0.1, 0.15) is 6.54 Å². The molecule has 3 rings (SSSR count). The van der Waals surface area contributed by atoms with Gasteiger partial charge in [0, 0.05) is 29.2 Å². The molecule has 1 aliphatic heterocycles. The van der Waals surface area contributed by atoms with E-state index in [9.17, 15) is 22.8 Å². The number of benzene rings is 2. The Labute approximate surface area is 195 Å². The number of hydrogen-bond donors (Lipinski definition) is 1. The minimum atomic E-state index is -4.45. The summed E-state index contributed by atoms with van der Waals surface area (Å²) in [6, 6.07) is 10.9. The number of rotatable bonds is 6. The Hall–Kier alpha value is -3.07. The highest BCUT2D eigenvalue weighted by atomic mass is 35.5. The summed E-state index contributed by atoms with van der Waals surface area (Å²) in [6.45, 7) is 3.79. The minimum Gasteiger partial charge on any atom is -0.335 e. The van der Waals surface area contributed by atoms with Gasteiger partial charge in [-0.2, -0.15) is 18.3 Å². The van der Waals surface area contributed by atoms with Gasteiger partial charge >= 0.3 is 6.18 Å². The van der Waals surface area contributed by atoms with Crippen LogP contribution in [0, 0.1) is 5.92 Å². The first-order chi connectivity index (χ1) is 15.5. The van der Waals surface area contributed by atoms with Crippen molar-refractivity contribution in [3.05, 3.63) is 64.7 Å². The van der Waals surface area contributed by atoms with E-state index in [0.717, 1.165) is 17.7 Å². The molecule has 0 aliphatic carbocycles. The lowest BCUT2D eigenvalue weighted by atomic mass is 10.0. The molecule has 0 saturated carbocycles. The number of nitrogens with one attached hydrogen (secondary N) is 1. The number of alkyl halides is 3. The summed E-state index contributed by atoms with van der Waals surface area (Å²) in [4.78, 5) is 26.7. The SMILES string of the molecule is CC(C)C(=O)N(C)C1CN(CC(=O)Nc2ccc(C(F)(F)F)cc2)N=C1c1ccc(Cl)cc1. The number of carbonyl (C=O) groups excluding carboxylic acids is 2. The largest absolute Gasteiger partial charge is 0.416 e. The van der Waals surface area contributed by atoms with Gasteiger partial charge in [0.25, 0.3) is 0 Å². The van der Waals surface area contributed by atoms with E-state index in [1.807, 2.05) is 13.8 Å². The van der Waals surface area contributed by atoms with Crippen LogP contribution in [0.2, 0.25) is 5.02 Å². The van der Waals surface area contributed by atoms with Crippen LogP contribution in [0.25, 0.3) is 0 Å². The molecule has 1 N–H and O–H groups in total. The average Bonchev–Trinajstić information content (AvgIpc) is 3.16. The van der Waals surface area contributed by atoms with Gasteiger partial charge in [0.15, 0.2) is 0 Å². The Bertz CT molecular complexity index is 1040. The fourth-order valence-electron chi connectivity index (χ4n) is 3.49. The molecule has 33 heavy (non-hydrogen) atoms. The molecule has 6 nitrogen and oxygen atoms in total. The zero-order chi connectivity index (χ0) is 24.3. The third-order valence-electron chi connectivity index (χ3n) is 5.22. The highest BCUT2D eigenvalue weighted by molar-refractivity contribution is 6.30. The predicted octanol–water partition coefficient (Wildman–Crippen LogP) is 4.50. The molecular weight excluding hydrogens is 457 g/mol. The Morgan fingerprint density at radius 2 is 1.76 bits per heavy atom. The molecule has 2 amide bonds. The summed E-state index contributed by atoms with van der Waals surface area (Å²) in [6.07, 6.45) is -4.45. The summed E-state index contributed by atoms with van der Waals surface area (Å²) in [5, 5.41) is 9.25. The third kappa shape index (κ3) is 6.04. The van der Waals surface area contributed by atoms with E-state index in [0.29, 0.717) is 17.3 Å². The molecule has 176 valence electrons. The van der Waals surface area contributed by atoms with Gasteiger partial charge in [-0.15, -0.1) is 0 Å². The number of hydrogen-bond acceptors (Lipinski definition) is 4.